The first-order valence-corrected chi connectivity index (χ1v) is 8.45. The van der Waals surface area contributed by atoms with E-state index in [-0.39, 0.29) is 11.8 Å². The summed E-state index contributed by atoms with van der Waals surface area (Å²) in [6.45, 7) is 3.69. The smallest absolute Gasteiger partial charge is 0.219 e. The Hall–Kier alpha value is -2.95. The summed E-state index contributed by atoms with van der Waals surface area (Å²) in [5.41, 5.74) is 3.60. The van der Waals surface area contributed by atoms with E-state index in [1.54, 1.807) is 13.1 Å². The number of nitrogens with zero attached hydrogens (tertiary/aromatic N) is 4. The average Bonchev–Trinajstić information content (AvgIpc) is 3.09. The van der Waals surface area contributed by atoms with Crippen molar-refractivity contribution in [2.75, 3.05) is 6.54 Å². The maximum atomic E-state index is 12.0. The van der Waals surface area contributed by atoms with Gasteiger partial charge in [0.05, 0.1) is 12.5 Å². The molecule has 0 spiro atoms. The molecule has 5 nitrogen and oxygen atoms in total. The lowest BCUT2D eigenvalue weighted by Crippen LogP contribution is -2.38. The summed E-state index contributed by atoms with van der Waals surface area (Å²) in [7, 11) is 0. The molecule has 1 atom stereocenters. The van der Waals surface area contributed by atoms with Crippen LogP contribution in [0.3, 0.4) is 0 Å². The van der Waals surface area contributed by atoms with E-state index in [0.717, 1.165) is 17.9 Å². The highest BCUT2D eigenvalue weighted by atomic mass is 16.2. The number of benzene rings is 1. The zero-order valence-electron chi connectivity index (χ0n) is 14.2. The molecule has 5 heteroatoms. The molecule has 3 heterocycles. The molecule has 0 bridgehead atoms. The minimum absolute atomic E-state index is 0.0838. The Bertz CT molecular complexity index is 887. The second-order valence-corrected chi connectivity index (χ2v) is 6.43. The van der Waals surface area contributed by atoms with Crippen molar-refractivity contribution >= 4 is 5.91 Å². The van der Waals surface area contributed by atoms with Crippen LogP contribution in [0.5, 0.6) is 0 Å². The number of carbonyl (C=O) groups excluding carboxylic acids is 1. The summed E-state index contributed by atoms with van der Waals surface area (Å²) < 4.78 is 2.15. The highest BCUT2D eigenvalue weighted by molar-refractivity contribution is 5.74. The fraction of sp³-hybridized carbons (Fsp3) is 0.250. The number of amides is 1. The lowest BCUT2D eigenvalue weighted by Gasteiger charge is -2.34. The third-order valence-corrected chi connectivity index (χ3v) is 4.78. The minimum Gasteiger partial charge on any atom is -0.338 e. The van der Waals surface area contributed by atoms with Crippen molar-refractivity contribution in [3.05, 3.63) is 83.7 Å². The summed E-state index contributed by atoms with van der Waals surface area (Å²) in [6.07, 6.45) is 7.49. The lowest BCUT2D eigenvalue weighted by atomic mass is 9.89. The Morgan fingerprint density at radius 1 is 1.20 bits per heavy atom. The van der Waals surface area contributed by atoms with Gasteiger partial charge in [-0.15, -0.1) is 0 Å². The fourth-order valence-corrected chi connectivity index (χ4v) is 3.52. The standard InChI is InChI=1S/C20H20N4O/c1-15(25)24-13-17-6-2-3-7-18(17)19(14-24)20-22-9-10-23(20)12-16-5-4-8-21-11-16/h2-11,19H,12-14H2,1H3. The largest absolute Gasteiger partial charge is 0.338 e. The van der Waals surface area contributed by atoms with Crippen molar-refractivity contribution in [2.45, 2.75) is 25.9 Å². The molecule has 1 aliphatic rings. The molecular formula is C20H20N4O. The molecule has 4 rings (SSSR count). The first-order chi connectivity index (χ1) is 12.2. The Kier molecular flexibility index (Phi) is 4.06. The van der Waals surface area contributed by atoms with E-state index in [2.05, 4.69) is 38.8 Å². The van der Waals surface area contributed by atoms with Crippen LogP contribution in [0.15, 0.2) is 61.2 Å². The molecule has 25 heavy (non-hydrogen) atoms. The van der Waals surface area contributed by atoms with Crippen molar-refractivity contribution < 1.29 is 4.79 Å². The van der Waals surface area contributed by atoms with Crippen LogP contribution in [-0.4, -0.2) is 31.9 Å². The van der Waals surface area contributed by atoms with Gasteiger partial charge >= 0.3 is 0 Å². The van der Waals surface area contributed by atoms with E-state index in [4.69, 9.17) is 0 Å². The SMILES string of the molecule is CC(=O)N1Cc2ccccc2C(c2nccn2Cc2cccnc2)C1. The molecule has 0 fully saturated rings. The first kappa shape index (κ1) is 15.6. The number of aromatic nitrogens is 3. The first-order valence-electron chi connectivity index (χ1n) is 8.45. The molecule has 1 unspecified atom stereocenters. The van der Waals surface area contributed by atoms with E-state index in [1.165, 1.54) is 11.1 Å². The Labute approximate surface area is 147 Å². The van der Waals surface area contributed by atoms with Crippen LogP contribution in [0.25, 0.3) is 0 Å². The zero-order chi connectivity index (χ0) is 17.2. The van der Waals surface area contributed by atoms with Crippen LogP contribution >= 0.6 is 0 Å². The van der Waals surface area contributed by atoms with E-state index in [1.807, 2.05) is 35.6 Å². The minimum atomic E-state index is 0.0838. The summed E-state index contributed by atoms with van der Waals surface area (Å²) in [5.74, 6) is 1.17. The van der Waals surface area contributed by atoms with Gasteiger partial charge in [-0.1, -0.05) is 30.3 Å². The van der Waals surface area contributed by atoms with E-state index in [0.29, 0.717) is 13.1 Å². The highest BCUT2D eigenvalue weighted by Crippen LogP contribution is 2.33. The van der Waals surface area contributed by atoms with Gasteiger partial charge in [0.15, 0.2) is 0 Å². The Morgan fingerprint density at radius 2 is 2.08 bits per heavy atom. The van der Waals surface area contributed by atoms with Crippen molar-refractivity contribution in [3.8, 4) is 0 Å². The lowest BCUT2D eigenvalue weighted by molar-refractivity contribution is -0.129. The van der Waals surface area contributed by atoms with Crippen molar-refractivity contribution in [2.24, 2.45) is 0 Å². The predicted molar refractivity (Wildman–Crippen MR) is 94.9 cm³/mol. The van der Waals surface area contributed by atoms with Crippen LogP contribution in [0.4, 0.5) is 0 Å². The quantitative estimate of drug-likeness (QED) is 0.741. The molecule has 1 aliphatic heterocycles. The van der Waals surface area contributed by atoms with Gasteiger partial charge in [0, 0.05) is 44.8 Å². The number of imidazole rings is 1. The second-order valence-electron chi connectivity index (χ2n) is 6.43. The number of rotatable bonds is 3. The van der Waals surface area contributed by atoms with Gasteiger partial charge < -0.3 is 9.47 Å². The van der Waals surface area contributed by atoms with Crippen molar-refractivity contribution in [3.63, 3.8) is 0 Å². The third kappa shape index (κ3) is 3.05. The molecular weight excluding hydrogens is 312 g/mol. The van der Waals surface area contributed by atoms with Gasteiger partial charge in [0.2, 0.25) is 5.91 Å². The number of pyridine rings is 1. The zero-order valence-corrected chi connectivity index (χ0v) is 14.2. The summed E-state index contributed by atoms with van der Waals surface area (Å²) in [6, 6.07) is 12.4. The van der Waals surface area contributed by atoms with Gasteiger partial charge in [-0.05, 0) is 22.8 Å². The normalized spacial score (nSPS) is 16.5. The van der Waals surface area contributed by atoms with Crippen LogP contribution < -0.4 is 0 Å². The maximum absolute atomic E-state index is 12.0. The van der Waals surface area contributed by atoms with Gasteiger partial charge in [-0.3, -0.25) is 9.78 Å². The molecule has 2 aromatic heterocycles. The van der Waals surface area contributed by atoms with Gasteiger partial charge in [-0.25, -0.2) is 4.98 Å². The number of fused-ring (bicyclic) bond motifs is 1. The van der Waals surface area contributed by atoms with Gasteiger partial charge in [0.25, 0.3) is 0 Å². The third-order valence-electron chi connectivity index (χ3n) is 4.78. The molecule has 0 saturated carbocycles. The van der Waals surface area contributed by atoms with E-state index < -0.39 is 0 Å². The number of hydrogen-bond acceptors (Lipinski definition) is 3. The van der Waals surface area contributed by atoms with Crippen LogP contribution in [0.1, 0.15) is 35.4 Å². The van der Waals surface area contributed by atoms with Crippen LogP contribution in [0, 0.1) is 0 Å². The van der Waals surface area contributed by atoms with Crippen molar-refractivity contribution in [1.82, 2.24) is 19.4 Å². The van der Waals surface area contributed by atoms with E-state index in [9.17, 15) is 4.79 Å². The molecule has 126 valence electrons. The molecule has 0 aliphatic carbocycles. The average molecular weight is 332 g/mol. The highest BCUT2D eigenvalue weighted by Gasteiger charge is 2.30. The Morgan fingerprint density at radius 3 is 2.88 bits per heavy atom. The molecule has 1 aromatic carbocycles. The molecule has 0 saturated heterocycles. The summed E-state index contributed by atoms with van der Waals surface area (Å²) in [5, 5.41) is 0. The summed E-state index contributed by atoms with van der Waals surface area (Å²) >= 11 is 0. The predicted octanol–water partition coefficient (Wildman–Crippen LogP) is 2.82. The monoisotopic (exact) mass is 332 g/mol. The number of hydrogen-bond donors (Lipinski definition) is 0. The molecule has 1 amide bonds. The van der Waals surface area contributed by atoms with Crippen molar-refractivity contribution in [1.29, 1.82) is 0 Å². The van der Waals surface area contributed by atoms with Gasteiger partial charge in [-0.2, -0.15) is 0 Å². The molecule has 0 N–H and O–H groups in total. The molecule has 3 aromatic rings. The summed E-state index contributed by atoms with van der Waals surface area (Å²) in [4.78, 5) is 22.7. The molecule has 0 radical (unpaired) electrons. The Balaban J connectivity index is 1.72. The topological polar surface area (TPSA) is 51.0 Å². The van der Waals surface area contributed by atoms with Crippen LogP contribution in [0.2, 0.25) is 0 Å². The number of carbonyl (C=O) groups is 1. The van der Waals surface area contributed by atoms with E-state index >= 15 is 0 Å². The maximum Gasteiger partial charge on any atom is 0.219 e. The second kappa shape index (κ2) is 6.51. The fourth-order valence-electron chi connectivity index (χ4n) is 3.52. The van der Waals surface area contributed by atoms with Gasteiger partial charge in [0.1, 0.15) is 5.82 Å². The van der Waals surface area contributed by atoms with Crippen LogP contribution in [-0.2, 0) is 17.9 Å².